The molecule has 0 amide bonds. The Morgan fingerprint density at radius 3 is 2.79 bits per heavy atom. The molecule has 2 rings (SSSR count). The van der Waals surface area contributed by atoms with Crippen molar-refractivity contribution in [1.29, 1.82) is 0 Å². The molecule has 0 aliphatic rings. The van der Waals surface area contributed by atoms with Crippen molar-refractivity contribution >= 4 is 17.1 Å². The van der Waals surface area contributed by atoms with Gasteiger partial charge in [0.25, 0.3) is 0 Å². The maximum Gasteiger partial charge on any atom is 0.374 e. The van der Waals surface area contributed by atoms with Crippen LogP contribution < -0.4 is 0 Å². The standard InChI is InChI=1S/C6H4N4O2.Cu.H2O/c11-6(12)5-7-1-3-4(10-5)9-2-8-3;;/h1-2H,(H,11,12)(H,7,8,9,10);;1H2. The third-order valence-electron chi connectivity index (χ3n) is 1.37. The molecule has 0 saturated heterocycles. The van der Waals surface area contributed by atoms with Gasteiger partial charge in [0, 0.05) is 17.1 Å². The van der Waals surface area contributed by atoms with Crippen molar-refractivity contribution in [1.82, 2.24) is 19.9 Å². The first-order chi connectivity index (χ1) is 5.77. The summed E-state index contributed by atoms with van der Waals surface area (Å²) in [6.07, 6.45) is 2.82. The van der Waals surface area contributed by atoms with Gasteiger partial charge in [-0.05, 0) is 0 Å². The van der Waals surface area contributed by atoms with Gasteiger partial charge >= 0.3 is 5.97 Å². The molecule has 2 aromatic rings. The molecule has 0 aromatic carbocycles. The van der Waals surface area contributed by atoms with Crippen LogP contribution in [0, 0.1) is 0 Å². The Balaban J connectivity index is 0.000000845. The Morgan fingerprint density at radius 2 is 2.14 bits per heavy atom. The minimum atomic E-state index is -1.15. The zero-order valence-electron chi connectivity index (χ0n) is 6.65. The number of nitrogens with one attached hydrogen (secondary N) is 1. The van der Waals surface area contributed by atoms with Crippen LogP contribution in [0.5, 0.6) is 0 Å². The van der Waals surface area contributed by atoms with Crippen molar-refractivity contribution < 1.29 is 32.4 Å². The summed E-state index contributed by atoms with van der Waals surface area (Å²) in [5.41, 5.74) is 0.988. The molecule has 8 heteroatoms. The number of aromatic amines is 1. The average molecular weight is 246 g/mol. The molecule has 4 N–H and O–H groups in total. The van der Waals surface area contributed by atoms with Crippen molar-refractivity contribution in [3.8, 4) is 0 Å². The quantitative estimate of drug-likeness (QED) is 0.638. The largest absolute Gasteiger partial charge is 0.475 e. The second-order valence-electron chi connectivity index (χ2n) is 2.14. The number of nitrogens with zero attached hydrogens (tertiary/aromatic N) is 3. The summed E-state index contributed by atoms with van der Waals surface area (Å²) >= 11 is 0. The molecule has 0 unspecified atom stereocenters. The molecular formula is C6H6CuN4O3. The van der Waals surface area contributed by atoms with Crippen molar-refractivity contribution in [2.24, 2.45) is 0 Å². The Morgan fingerprint density at radius 1 is 1.43 bits per heavy atom. The Hall–Kier alpha value is -1.50. The van der Waals surface area contributed by atoms with Gasteiger partial charge in [-0.3, -0.25) is 0 Å². The average Bonchev–Trinajstić information content (AvgIpc) is 2.49. The summed E-state index contributed by atoms with van der Waals surface area (Å²) in [6.45, 7) is 0. The summed E-state index contributed by atoms with van der Waals surface area (Å²) in [7, 11) is 0. The molecular weight excluding hydrogens is 240 g/mol. The van der Waals surface area contributed by atoms with Crippen molar-refractivity contribution in [3.05, 3.63) is 18.3 Å². The van der Waals surface area contributed by atoms with E-state index in [0.29, 0.717) is 11.2 Å². The van der Waals surface area contributed by atoms with E-state index < -0.39 is 5.97 Å². The topological polar surface area (TPSA) is 123 Å². The molecule has 7 nitrogen and oxygen atoms in total. The number of aromatic carboxylic acids is 1. The third-order valence-corrected chi connectivity index (χ3v) is 1.37. The minimum Gasteiger partial charge on any atom is -0.475 e. The molecule has 0 bridgehead atoms. The first-order valence-corrected chi connectivity index (χ1v) is 3.17. The van der Waals surface area contributed by atoms with Crippen molar-refractivity contribution in [2.45, 2.75) is 0 Å². The van der Waals surface area contributed by atoms with Crippen LogP contribution in [0.2, 0.25) is 0 Å². The number of imidazole rings is 1. The summed E-state index contributed by atoms with van der Waals surface area (Å²) in [5.74, 6) is -1.39. The number of H-pyrrole nitrogens is 1. The summed E-state index contributed by atoms with van der Waals surface area (Å²) in [6, 6.07) is 0. The number of hydrogen-bond acceptors (Lipinski definition) is 4. The van der Waals surface area contributed by atoms with E-state index in [1.807, 2.05) is 0 Å². The van der Waals surface area contributed by atoms with Gasteiger partial charge in [-0.15, -0.1) is 0 Å². The van der Waals surface area contributed by atoms with E-state index in [0.717, 1.165) is 0 Å². The Kier molecular flexibility index (Phi) is 4.16. The van der Waals surface area contributed by atoms with Gasteiger partial charge in [-0.1, -0.05) is 0 Å². The van der Waals surface area contributed by atoms with E-state index in [4.69, 9.17) is 5.11 Å². The van der Waals surface area contributed by atoms with Crippen LogP contribution in [0.15, 0.2) is 12.5 Å². The predicted octanol–water partition coefficient (Wildman–Crippen LogP) is -0.776. The van der Waals surface area contributed by atoms with Crippen LogP contribution in [0.3, 0.4) is 0 Å². The fourth-order valence-corrected chi connectivity index (χ4v) is 0.839. The van der Waals surface area contributed by atoms with E-state index in [1.54, 1.807) is 0 Å². The van der Waals surface area contributed by atoms with Crippen LogP contribution >= 0.6 is 0 Å². The van der Waals surface area contributed by atoms with Gasteiger partial charge in [0.05, 0.1) is 12.5 Å². The molecule has 0 fully saturated rings. The molecule has 79 valence electrons. The monoisotopic (exact) mass is 245 g/mol. The second kappa shape index (κ2) is 4.66. The number of carbonyl (C=O) groups is 1. The van der Waals surface area contributed by atoms with E-state index in [1.165, 1.54) is 12.5 Å². The second-order valence-corrected chi connectivity index (χ2v) is 2.14. The molecule has 2 aromatic heterocycles. The van der Waals surface area contributed by atoms with Crippen LogP contribution in [-0.2, 0) is 17.1 Å². The normalized spacial score (nSPS) is 8.86. The molecule has 2 heterocycles. The van der Waals surface area contributed by atoms with Gasteiger partial charge in [-0.25, -0.2) is 19.7 Å². The van der Waals surface area contributed by atoms with Gasteiger partial charge in [0.2, 0.25) is 5.82 Å². The number of carboxylic acids is 1. The number of aromatic nitrogens is 4. The van der Waals surface area contributed by atoms with Crippen LogP contribution in [-0.4, -0.2) is 36.5 Å². The van der Waals surface area contributed by atoms with Crippen LogP contribution in [0.25, 0.3) is 11.2 Å². The van der Waals surface area contributed by atoms with Gasteiger partial charge in [0.15, 0.2) is 5.65 Å². The predicted molar refractivity (Wildman–Crippen MR) is 42.3 cm³/mol. The molecule has 0 saturated carbocycles. The SMILES string of the molecule is O.O=C(O)c1ncc2[nH]cnc2n1.[Cu]. The minimum absolute atomic E-state index is 0. The fourth-order valence-electron chi connectivity index (χ4n) is 0.839. The van der Waals surface area contributed by atoms with E-state index in [2.05, 4.69) is 19.9 Å². The smallest absolute Gasteiger partial charge is 0.374 e. The Bertz CT molecular complexity index is 443. The summed E-state index contributed by atoms with van der Waals surface area (Å²) < 4.78 is 0. The van der Waals surface area contributed by atoms with Gasteiger partial charge < -0.3 is 15.6 Å². The molecule has 14 heavy (non-hydrogen) atoms. The maximum absolute atomic E-state index is 10.4. The van der Waals surface area contributed by atoms with Crippen molar-refractivity contribution in [3.63, 3.8) is 0 Å². The third kappa shape index (κ3) is 2.05. The molecule has 0 spiro atoms. The first-order valence-electron chi connectivity index (χ1n) is 3.17. The molecule has 0 aliphatic heterocycles. The summed E-state index contributed by atoms with van der Waals surface area (Å²) in [4.78, 5) is 24.2. The molecule has 1 radical (unpaired) electrons. The van der Waals surface area contributed by atoms with Crippen LogP contribution in [0.1, 0.15) is 10.6 Å². The number of hydrogen-bond donors (Lipinski definition) is 2. The molecule has 0 atom stereocenters. The van der Waals surface area contributed by atoms with E-state index >= 15 is 0 Å². The Labute approximate surface area is 88.4 Å². The maximum atomic E-state index is 10.4. The number of carboxylic acid groups (broad SMARTS) is 1. The number of fused-ring (bicyclic) bond motifs is 1. The summed E-state index contributed by atoms with van der Waals surface area (Å²) in [5, 5.41) is 8.52. The molecule has 0 aliphatic carbocycles. The van der Waals surface area contributed by atoms with Crippen molar-refractivity contribution in [2.75, 3.05) is 0 Å². The zero-order valence-corrected chi connectivity index (χ0v) is 7.59. The zero-order chi connectivity index (χ0) is 8.55. The van der Waals surface area contributed by atoms with Gasteiger partial charge in [-0.2, -0.15) is 0 Å². The van der Waals surface area contributed by atoms with E-state index in [9.17, 15) is 4.79 Å². The van der Waals surface area contributed by atoms with Gasteiger partial charge in [0.1, 0.15) is 5.52 Å². The fraction of sp³-hybridized carbons (Fsp3) is 0. The first kappa shape index (κ1) is 12.5. The van der Waals surface area contributed by atoms with Crippen LogP contribution in [0.4, 0.5) is 0 Å². The van der Waals surface area contributed by atoms with E-state index in [-0.39, 0.29) is 28.4 Å². The number of rotatable bonds is 1.